The minimum absolute atomic E-state index is 0.333. The number of nitrogens with zero attached hydrogens (tertiary/aromatic N) is 1. The van der Waals surface area contributed by atoms with Crippen molar-refractivity contribution >= 4 is 11.8 Å². The summed E-state index contributed by atoms with van der Waals surface area (Å²) in [6, 6.07) is 17.2. The zero-order chi connectivity index (χ0) is 16.7. The SMILES string of the molecule is CN(Cc1ccccc1)C(=O)C(CO)NC(=O)c1ccccc1. The fourth-order valence-electron chi connectivity index (χ4n) is 2.22. The van der Waals surface area contributed by atoms with Crippen LogP contribution in [0.1, 0.15) is 15.9 Å². The van der Waals surface area contributed by atoms with Gasteiger partial charge in [-0.2, -0.15) is 0 Å². The maximum atomic E-state index is 12.4. The number of aliphatic hydroxyl groups is 1. The molecule has 5 heteroatoms. The van der Waals surface area contributed by atoms with Gasteiger partial charge in [-0.05, 0) is 17.7 Å². The van der Waals surface area contributed by atoms with Crippen LogP contribution < -0.4 is 5.32 Å². The molecule has 23 heavy (non-hydrogen) atoms. The molecule has 0 aromatic heterocycles. The van der Waals surface area contributed by atoms with E-state index in [4.69, 9.17) is 0 Å². The van der Waals surface area contributed by atoms with Gasteiger partial charge in [-0.1, -0.05) is 48.5 Å². The Balaban J connectivity index is 1.99. The van der Waals surface area contributed by atoms with Crippen LogP contribution in [0.15, 0.2) is 60.7 Å². The zero-order valence-corrected chi connectivity index (χ0v) is 13.0. The van der Waals surface area contributed by atoms with E-state index in [1.54, 1.807) is 37.4 Å². The summed E-state index contributed by atoms with van der Waals surface area (Å²) in [7, 11) is 1.65. The summed E-state index contributed by atoms with van der Waals surface area (Å²) in [5, 5.41) is 12.0. The van der Waals surface area contributed by atoms with E-state index in [0.29, 0.717) is 12.1 Å². The van der Waals surface area contributed by atoms with Gasteiger partial charge in [0, 0.05) is 19.2 Å². The first-order chi connectivity index (χ1) is 11.1. The van der Waals surface area contributed by atoms with Crippen LogP contribution in [0.5, 0.6) is 0 Å². The molecule has 1 atom stereocenters. The lowest BCUT2D eigenvalue weighted by molar-refractivity contribution is -0.133. The first-order valence-corrected chi connectivity index (χ1v) is 7.37. The fraction of sp³-hybridized carbons (Fsp3) is 0.222. The molecule has 2 aromatic rings. The summed E-state index contributed by atoms with van der Waals surface area (Å²) >= 11 is 0. The van der Waals surface area contributed by atoms with Gasteiger partial charge in [0.1, 0.15) is 6.04 Å². The number of carbonyl (C=O) groups is 2. The molecule has 2 aromatic carbocycles. The van der Waals surface area contributed by atoms with Crippen molar-refractivity contribution in [3.8, 4) is 0 Å². The standard InChI is InChI=1S/C18H20N2O3/c1-20(12-14-8-4-2-5-9-14)18(23)16(13-21)19-17(22)15-10-6-3-7-11-15/h2-11,16,21H,12-13H2,1H3,(H,19,22). The van der Waals surface area contributed by atoms with E-state index in [1.807, 2.05) is 30.3 Å². The lowest BCUT2D eigenvalue weighted by Gasteiger charge is -2.23. The van der Waals surface area contributed by atoms with E-state index in [0.717, 1.165) is 5.56 Å². The number of benzene rings is 2. The Labute approximate surface area is 135 Å². The summed E-state index contributed by atoms with van der Waals surface area (Å²) in [5.74, 6) is -0.716. The second-order valence-corrected chi connectivity index (χ2v) is 5.25. The highest BCUT2D eigenvalue weighted by molar-refractivity contribution is 5.97. The largest absolute Gasteiger partial charge is 0.394 e. The molecule has 0 heterocycles. The minimum atomic E-state index is -0.962. The predicted octanol–water partition coefficient (Wildman–Crippen LogP) is 1.44. The number of nitrogens with one attached hydrogen (secondary N) is 1. The molecule has 0 saturated carbocycles. The summed E-state index contributed by atoms with van der Waals surface area (Å²) < 4.78 is 0. The number of carbonyl (C=O) groups excluding carboxylic acids is 2. The van der Waals surface area contributed by atoms with Crippen LogP contribution in [0.2, 0.25) is 0 Å². The molecule has 0 aliphatic carbocycles. The number of aliphatic hydroxyl groups excluding tert-OH is 1. The highest BCUT2D eigenvalue weighted by Crippen LogP contribution is 2.05. The van der Waals surface area contributed by atoms with E-state index in [1.165, 1.54) is 4.90 Å². The number of hydrogen-bond acceptors (Lipinski definition) is 3. The smallest absolute Gasteiger partial charge is 0.251 e. The molecular formula is C18H20N2O3. The van der Waals surface area contributed by atoms with Gasteiger partial charge < -0.3 is 15.3 Å². The maximum absolute atomic E-state index is 12.4. The second kappa shape index (κ2) is 8.10. The Morgan fingerprint density at radius 1 is 1.04 bits per heavy atom. The quantitative estimate of drug-likeness (QED) is 0.848. The first-order valence-electron chi connectivity index (χ1n) is 7.37. The molecule has 0 saturated heterocycles. The van der Waals surface area contributed by atoms with Crippen molar-refractivity contribution < 1.29 is 14.7 Å². The Morgan fingerprint density at radius 2 is 1.61 bits per heavy atom. The van der Waals surface area contributed by atoms with Gasteiger partial charge >= 0.3 is 0 Å². The van der Waals surface area contributed by atoms with Gasteiger partial charge in [0.2, 0.25) is 5.91 Å². The van der Waals surface area contributed by atoms with Gasteiger partial charge in [-0.15, -0.1) is 0 Å². The van der Waals surface area contributed by atoms with Crippen molar-refractivity contribution in [2.24, 2.45) is 0 Å². The fourth-order valence-corrected chi connectivity index (χ4v) is 2.22. The van der Waals surface area contributed by atoms with Crippen molar-refractivity contribution in [1.29, 1.82) is 0 Å². The number of likely N-dealkylation sites (N-methyl/N-ethyl adjacent to an activating group) is 1. The van der Waals surface area contributed by atoms with Gasteiger partial charge in [0.05, 0.1) is 6.61 Å². The van der Waals surface area contributed by atoms with E-state index in [9.17, 15) is 14.7 Å². The van der Waals surface area contributed by atoms with Crippen LogP contribution in [0.3, 0.4) is 0 Å². The maximum Gasteiger partial charge on any atom is 0.251 e. The highest BCUT2D eigenvalue weighted by Gasteiger charge is 2.23. The Bertz CT molecular complexity index is 644. The predicted molar refractivity (Wildman–Crippen MR) is 87.7 cm³/mol. The van der Waals surface area contributed by atoms with Crippen LogP contribution in [-0.2, 0) is 11.3 Å². The average molecular weight is 312 g/mol. The molecule has 0 bridgehead atoms. The van der Waals surface area contributed by atoms with Crippen molar-refractivity contribution in [2.45, 2.75) is 12.6 Å². The molecule has 2 amide bonds. The van der Waals surface area contributed by atoms with E-state index in [2.05, 4.69) is 5.32 Å². The molecule has 0 radical (unpaired) electrons. The molecule has 0 aliphatic rings. The molecule has 0 fully saturated rings. The summed E-state index contributed by atoms with van der Waals surface area (Å²) in [6.07, 6.45) is 0. The molecule has 0 aliphatic heterocycles. The molecule has 120 valence electrons. The van der Waals surface area contributed by atoms with Crippen LogP contribution >= 0.6 is 0 Å². The Hall–Kier alpha value is -2.66. The normalized spacial score (nSPS) is 11.6. The third-order valence-electron chi connectivity index (χ3n) is 3.46. The molecule has 2 rings (SSSR count). The van der Waals surface area contributed by atoms with Crippen LogP contribution in [0.4, 0.5) is 0 Å². The van der Waals surface area contributed by atoms with Gasteiger partial charge in [-0.25, -0.2) is 0 Å². The molecule has 1 unspecified atom stereocenters. The number of amides is 2. The van der Waals surface area contributed by atoms with Crippen molar-refractivity contribution in [3.63, 3.8) is 0 Å². The van der Waals surface area contributed by atoms with Crippen molar-refractivity contribution in [2.75, 3.05) is 13.7 Å². The third-order valence-corrected chi connectivity index (χ3v) is 3.46. The van der Waals surface area contributed by atoms with Gasteiger partial charge in [0.15, 0.2) is 0 Å². The summed E-state index contributed by atoms with van der Waals surface area (Å²) in [6.45, 7) is -0.0338. The summed E-state index contributed by atoms with van der Waals surface area (Å²) in [5.41, 5.74) is 1.43. The molecule has 0 spiro atoms. The lowest BCUT2D eigenvalue weighted by atomic mass is 10.1. The van der Waals surface area contributed by atoms with Crippen molar-refractivity contribution in [3.05, 3.63) is 71.8 Å². The number of rotatable bonds is 6. The first kappa shape index (κ1) is 16.7. The third kappa shape index (κ3) is 4.66. The minimum Gasteiger partial charge on any atom is -0.394 e. The zero-order valence-electron chi connectivity index (χ0n) is 13.0. The van der Waals surface area contributed by atoms with Gasteiger partial charge in [0.25, 0.3) is 5.91 Å². The summed E-state index contributed by atoms with van der Waals surface area (Å²) in [4.78, 5) is 26.0. The molecule has 5 nitrogen and oxygen atoms in total. The molecule has 2 N–H and O–H groups in total. The topological polar surface area (TPSA) is 69.6 Å². The highest BCUT2D eigenvalue weighted by atomic mass is 16.3. The van der Waals surface area contributed by atoms with E-state index >= 15 is 0 Å². The van der Waals surface area contributed by atoms with Crippen LogP contribution in [0, 0.1) is 0 Å². The Morgan fingerprint density at radius 3 is 2.17 bits per heavy atom. The van der Waals surface area contributed by atoms with E-state index in [-0.39, 0.29) is 11.8 Å². The molecular weight excluding hydrogens is 292 g/mol. The lowest BCUT2D eigenvalue weighted by Crippen LogP contribution is -2.49. The monoisotopic (exact) mass is 312 g/mol. The Kier molecular flexibility index (Phi) is 5.88. The van der Waals surface area contributed by atoms with Gasteiger partial charge in [-0.3, -0.25) is 9.59 Å². The van der Waals surface area contributed by atoms with Crippen LogP contribution in [0.25, 0.3) is 0 Å². The average Bonchev–Trinajstić information content (AvgIpc) is 2.60. The second-order valence-electron chi connectivity index (χ2n) is 5.25. The van der Waals surface area contributed by atoms with Crippen LogP contribution in [-0.4, -0.2) is 41.5 Å². The number of hydrogen-bond donors (Lipinski definition) is 2. The van der Waals surface area contributed by atoms with E-state index < -0.39 is 12.6 Å². The van der Waals surface area contributed by atoms with Crippen molar-refractivity contribution in [1.82, 2.24) is 10.2 Å².